The van der Waals surface area contributed by atoms with Gasteiger partial charge in [0.25, 0.3) is 0 Å². The summed E-state index contributed by atoms with van der Waals surface area (Å²) < 4.78 is 12.0. The Morgan fingerprint density at radius 2 is 1.83 bits per heavy atom. The summed E-state index contributed by atoms with van der Waals surface area (Å²) in [6, 6.07) is 5.78. The molecule has 1 rings (SSSR count). The summed E-state index contributed by atoms with van der Waals surface area (Å²) in [5.74, 6) is -0.593. The molecule has 7 heteroatoms. The van der Waals surface area contributed by atoms with E-state index in [2.05, 4.69) is 10.6 Å². The van der Waals surface area contributed by atoms with Crippen molar-refractivity contribution in [2.75, 3.05) is 12.8 Å². The minimum absolute atomic E-state index is 0.490. The summed E-state index contributed by atoms with van der Waals surface area (Å²) in [5, 5.41) is 3.51. The normalized spacial score (nSPS) is 13.4. The predicted octanol–water partition coefficient (Wildman–Crippen LogP) is 0.220. The zero-order valence-electron chi connectivity index (χ0n) is 10.1. The Morgan fingerprint density at radius 3 is 2.33 bits per heavy atom. The molecule has 0 aliphatic rings. The fraction of sp³-hybridized carbons (Fsp3) is 0.273. The first-order valence-corrected chi connectivity index (χ1v) is 6.45. The highest BCUT2D eigenvalue weighted by Gasteiger charge is 2.22. The van der Waals surface area contributed by atoms with E-state index < -0.39 is 28.0 Å². The monoisotopic (exact) mass is 269 g/mol. The lowest BCUT2D eigenvalue weighted by molar-refractivity contribution is -0.119. The summed E-state index contributed by atoms with van der Waals surface area (Å²) in [6.07, 6.45) is 0. The predicted molar refractivity (Wildman–Crippen MR) is 69.3 cm³/mol. The zero-order chi connectivity index (χ0) is 13.7. The topological polar surface area (TPSA) is 101 Å². The molecule has 1 aromatic rings. The molecule has 4 N–H and O–H groups in total. The fourth-order valence-electron chi connectivity index (χ4n) is 1.18. The number of anilines is 1. The molecule has 1 aromatic carbocycles. The van der Waals surface area contributed by atoms with E-state index in [0.717, 1.165) is 0 Å². The van der Waals surface area contributed by atoms with Crippen LogP contribution in [-0.4, -0.2) is 28.4 Å². The van der Waals surface area contributed by atoms with Crippen molar-refractivity contribution in [2.45, 2.75) is 17.1 Å². The molecule has 2 unspecified atom stereocenters. The van der Waals surface area contributed by atoms with Gasteiger partial charge in [-0.1, -0.05) is 0 Å². The van der Waals surface area contributed by atoms with Gasteiger partial charge in [0.2, 0.25) is 5.91 Å². The van der Waals surface area contributed by atoms with Crippen LogP contribution in [0.3, 0.4) is 0 Å². The zero-order valence-corrected chi connectivity index (χ0v) is 10.9. The molecule has 0 saturated carbocycles. The molecule has 0 heterocycles. The second kappa shape index (κ2) is 6.15. The van der Waals surface area contributed by atoms with Crippen molar-refractivity contribution in [1.82, 2.24) is 10.6 Å². The van der Waals surface area contributed by atoms with Gasteiger partial charge in [-0.3, -0.25) is 14.3 Å². The van der Waals surface area contributed by atoms with E-state index in [1.807, 2.05) is 0 Å². The number of carbonyl (C=O) groups is 2. The molecule has 0 bridgehead atoms. The van der Waals surface area contributed by atoms with Crippen LogP contribution in [0, 0.1) is 0 Å². The average molecular weight is 269 g/mol. The van der Waals surface area contributed by atoms with Gasteiger partial charge in [-0.2, -0.15) is 0 Å². The van der Waals surface area contributed by atoms with Gasteiger partial charge < -0.3 is 11.1 Å². The molecule has 0 radical (unpaired) electrons. The van der Waals surface area contributed by atoms with Crippen LogP contribution in [0.2, 0.25) is 0 Å². The number of nitrogens with one attached hydrogen (secondary N) is 2. The van der Waals surface area contributed by atoms with Crippen LogP contribution < -0.4 is 16.4 Å². The molecule has 0 spiro atoms. The first-order valence-electron chi connectivity index (χ1n) is 5.24. The summed E-state index contributed by atoms with van der Waals surface area (Å²) in [6.45, 7) is 1.49. The lowest BCUT2D eigenvalue weighted by Gasteiger charge is -2.11. The van der Waals surface area contributed by atoms with Gasteiger partial charge in [-0.05, 0) is 31.2 Å². The highest BCUT2D eigenvalue weighted by atomic mass is 32.2. The second-order valence-corrected chi connectivity index (χ2v) is 5.35. The third-order valence-corrected chi connectivity index (χ3v) is 3.86. The molecule has 0 aliphatic heterocycles. The Bertz CT molecular complexity index is 473. The van der Waals surface area contributed by atoms with E-state index >= 15 is 0 Å². The largest absolute Gasteiger partial charge is 0.399 e. The number of hydrogen-bond donors (Lipinski definition) is 3. The maximum Gasteiger partial charge on any atom is 0.321 e. The molecule has 98 valence electrons. The van der Waals surface area contributed by atoms with Crippen molar-refractivity contribution in [2.24, 2.45) is 0 Å². The second-order valence-electron chi connectivity index (χ2n) is 3.58. The van der Waals surface area contributed by atoms with Gasteiger partial charge in [0.05, 0.1) is 10.8 Å². The maximum absolute atomic E-state index is 12.0. The van der Waals surface area contributed by atoms with E-state index in [0.29, 0.717) is 10.6 Å². The molecular formula is C11H15N3O3S. The van der Waals surface area contributed by atoms with Crippen molar-refractivity contribution in [3.05, 3.63) is 24.3 Å². The van der Waals surface area contributed by atoms with E-state index in [-0.39, 0.29) is 0 Å². The average Bonchev–Trinajstić information content (AvgIpc) is 2.37. The SMILES string of the molecule is CNC(=O)NC(=O)C(C)S(=O)c1ccc(N)cc1. The molecule has 6 nitrogen and oxygen atoms in total. The van der Waals surface area contributed by atoms with Gasteiger partial charge >= 0.3 is 6.03 Å². The van der Waals surface area contributed by atoms with Crippen LogP contribution in [-0.2, 0) is 15.6 Å². The highest BCUT2D eigenvalue weighted by Crippen LogP contribution is 2.13. The van der Waals surface area contributed by atoms with Crippen LogP contribution in [0.15, 0.2) is 29.2 Å². The van der Waals surface area contributed by atoms with Crippen molar-refractivity contribution in [3.63, 3.8) is 0 Å². The molecular weight excluding hydrogens is 254 g/mol. The lowest BCUT2D eigenvalue weighted by Crippen LogP contribution is -2.43. The van der Waals surface area contributed by atoms with Crippen LogP contribution in [0.4, 0.5) is 10.5 Å². The van der Waals surface area contributed by atoms with Gasteiger partial charge in [0, 0.05) is 17.6 Å². The number of imide groups is 1. The van der Waals surface area contributed by atoms with Crippen LogP contribution in [0.5, 0.6) is 0 Å². The van der Waals surface area contributed by atoms with Crippen molar-refractivity contribution in [1.29, 1.82) is 0 Å². The van der Waals surface area contributed by atoms with Gasteiger partial charge in [0.15, 0.2) is 0 Å². The number of nitrogens with two attached hydrogens (primary N) is 1. The molecule has 18 heavy (non-hydrogen) atoms. The summed E-state index contributed by atoms with van der Waals surface area (Å²) >= 11 is 0. The van der Waals surface area contributed by atoms with E-state index in [1.54, 1.807) is 24.3 Å². The Labute approximate surface area is 107 Å². The number of nitrogen functional groups attached to an aromatic ring is 1. The van der Waals surface area contributed by atoms with Crippen molar-refractivity contribution < 1.29 is 13.8 Å². The van der Waals surface area contributed by atoms with E-state index in [1.165, 1.54) is 14.0 Å². The molecule has 0 saturated heterocycles. The van der Waals surface area contributed by atoms with Crippen LogP contribution in [0.25, 0.3) is 0 Å². The van der Waals surface area contributed by atoms with Gasteiger partial charge in [0.1, 0.15) is 5.25 Å². The van der Waals surface area contributed by atoms with Crippen LogP contribution in [0.1, 0.15) is 6.92 Å². The van der Waals surface area contributed by atoms with Crippen LogP contribution >= 0.6 is 0 Å². The van der Waals surface area contributed by atoms with Crippen molar-refractivity contribution >= 4 is 28.4 Å². The number of rotatable bonds is 3. The molecule has 3 amide bonds. The first kappa shape index (κ1) is 14.2. The number of urea groups is 1. The highest BCUT2D eigenvalue weighted by molar-refractivity contribution is 7.86. The van der Waals surface area contributed by atoms with E-state index in [4.69, 9.17) is 5.73 Å². The molecule has 2 atom stereocenters. The first-order chi connectivity index (χ1) is 8.45. The van der Waals surface area contributed by atoms with Gasteiger partial charge in [-0.25, -0.2) is 4.79 Å². The quantitative estimate of drug-likeness (QED) is 0.683. The van der Waals surface area contributed by atoms with E-state index in [9.17, 15) is 13.8 Å². The smallest absolute Gasteiger partial charge is 0.321 e. The maximum atomic E-state index is 12.0. The Hall–Kier alpha value is -1.89. The fourth-order valence-corrected chi connectivity index (χ4v) is 2.25. The number of benzene rings is 1. The Morgan fingerprint density at radius 1 is 1.28 bits per heavy atom. The Kier molecular flexibility index (Phi) is 4.85. The third kappa shape index (κ3) is 3.56. The number of amides is 3. The van der Waals surface area contributed by atoms with Crippen molar-refractivity contribution in [3.8, 4) is 0 Å². The molecule has 0 aromatic heterocycles. The number of hydrogen-bond acceptors (Lipinski definition) is 4. The minimum atomic E-state index is -1.53. The number of carbonyl (C=O) groups excluding carboxylic acids is 2. The lowest BCUT2D eigenvalue weighted by atomic mass is 10.3. The summed E-state index contributed by atoms with van der Waals surface area (Å²) in [4.78, 5) is 23.1. The molecule has 0 fully saturated rings. The summed E-state index contributed by atoms with van der Waals surface area (Å²) in [7, 11) is -0.139. The summed E-state index contributed by atoms with van der Waals surface area (Å²) in [5.41, 5.74) is 6.07. The standard InChI is InChI=1S/C11H15N3O3S/c1-7(10(15)14-11(16)13-2)18(17)9-5-3-8(12)4-6-9/h3-7H,12H2,1-2H3,(H2,13,14,15,16). The third-order valence-electron chi connectivity index (χ3n) is 2.27. The van der Waals surface area contributed by atoms with Gasteiger partial charge in [-0.15, -0.1) is 0 Å². The minimum Gasteiger partial charge on any atom is -0.399 e. The Balaban J connectivity index is 2.74. The molecule has 0 aliphatic carbocycles.